The first kappa shape index (κ1) is 11.8. The van der Waals surface area contributed by atoms with Gasteiger partial charge in [0, 0.05) is 18.2 Å². The molecule has 1 fully saturated rings. The van der Waals surface area contributed by atoms with Gasteiger partial charge in [0.1, 0.15) is 5.69 Å². The van der Waals surface area contributed by atoms with Crippen molar-refractivity contribution in [2.75, 3.05) is 6.54 Å². The van der Waals surface area contributed by atoms with E-state index in [0.717, 1.165) is 19.4 Å². The minimum Gasteiger partial charge on any atom is -0.348 e. The molecule has 1 saturated heterocycles. The standard InChI is InChI=1S/C11H16N4O2/c1-7-6-8(4-5-12-7)13-11(17)9-2-3-10(16)15-14-9/h2-3,7-8,12H,4-6H2,1H3,(H,13,17)(H,15,16). The summed E-state index contributed by atoms with van der Waals surface area (Å²) in [5.41, 5.74) is -0.0622. The van der Waals surface area contributed by atoms with E-state index in [0.29, 0.717) is 6.04 Å². The van der Waals surface area contributed by atoms with Gasteiger partial charge in [0.15, 0.2) is 0 Å². The van der Waals surface area contributed by atoms with Gasteiger partial charge in [-0.15, -0.1) is 0 Å². The summed E-state index contributed by atoms with van der Waals surface area (Å²) in [5, 5.41) is 12.2. The fourth-order valence-electron chi connectivity index (χ4n) is 1.99. The van der Waals surface area contributed by atoms with Gasteiger partial charge in [-0.2, -0.15) is 5.10 Å². The zero-order valence-corrected chi connectivity index (χ0v) is 9.69. The monoisotopic (exact) mass is 236 g/mol. The quantitative estimate of drug-likeness (QED) is 0.654. The van der Waals surface area contributed by atoms with Crippen LogP contribution in [-0.2, 0) is 0 Å². The van der Waals surface area contributed by atoms with Crippen molar-refractivity contribution in [3.63, 3.8) is 0 Å². The maximum absolute atomic E-state index is 11.8. The molecule has 0 spiro atoms. The molecule has 2 atom stereocenters. The van der Waals surface area contributed by atoms with Crippen LogP contribution in [-0.4, -0.2) is 34.7 Å². The minimum absolute atomic E-state index is 0.174. The van der Waals surface area contributed by atoms with Crippen molar-refractivity contribution >= 4 is 5.91 Å². The maximum Gasteiger partial charge on any atom is 0.271 e. The molecule has 2 heterocycles. The summed E-state index contributed by atoms with van der Waals surface area (Å²) in [4.78, 5) is 22.6. The lowest BCUT2D eigenvalue weighted by Gasteiger charge is -2.28. The van der Waals surface area contributed by atoms with Crippen LogP contribution in [0.5, 0.6) is 0 Å². The van der Waals surface area contributed by atoms with Crippen LogP contribution < -0.4 is 16.2 Å². The molecule has 1 aliphatic heterocycles. The lowest BCUT2D eigenvalue weighted by molar-refractivity contribution is 0.0919. The number of H-pyrrole nitrogens is 1. The number of aromatic amines is 1. The van der Waals surface area contributed by atoms with E-state index < -0.39 is 0 Å². The first-order chi connectivity index (χ1) is 8.15. The van der Waals surface area contributed by atoms with Gasteiger partial charge in [-0.3, -0.25) is 9.59 Å². The summed E-state index contributed by atoms with van der Waals surface area (Å²) in [5.74, 6) is -0.236. The molecule has 1 aliphatic rings. The number of hydrogen-bond donors (Lipinski definition) is 3. The third-order valence-electron chi connectivity index (χ3n) is 2.87. The van der Waals surface area contributed by atoms with Crippen LogP contribution in [0.3, 0.4) is 0 Å². The third kappa shape index (κ3) is 3.13. The van der Waals surface area contributed by atoms with Crippen molar-refractivity contribution in [1.29, 1.82) is 0 Å². The summed E-state index contributed by atoms with van der Waals surface area (Å²) < 4.78 is 0. The smallest absolute Gasteiger partial charge is 0.271 e. The van der Waals surface area contributed by atoms with Crippen molar-refractivity contribution in [2.45, 2.75) is 31.8 Å². The van der Waals surface area contributed by atoms with Crippen molar-refractivity contribution in [3.8, 4) is 0 Å². The fraction of sp³-hybridized carbons (Fsp3) is 0.545. The number of amides is 1. The van der Waals surface area contributed by atoms with E-state index in [4.69, 9.17) is 0 Å². The average molecular weight is 236 g/mol. The normalized spacial score (nSPS) is 24.3. The lowest BCUT2D eigenvalue weighted by atomic mass is 10.0. The van der Waals surface area contributed by atoms with E-state index in [1.807, 2.05) is 0 Å². The average Bonchev–Trinajstić information content (AvgIpc) is 2.29. The molecule has 1 amide bonds. The van der Waals surface area contributed by atoms with E-state index in [-0.39, 0.29) is 23.2 Å². The second kappa shape index (κ2) is 5.09. The third-order valence-corrected chi connectivity index (χ3v) is 2.87. The van der Waals surface area contributed by atoms with Crippen LogP contribution in [0, 0.1) is 0 Å². The fourth-order valence-corrected chi connectivity index (χ4v) is 1.99. The minimum atomic E-state index is -0.308. The molecule has 3 N–H and O–H groups in total. The highest BCUT2D eigenvalue weighted by atomic mass is 16.2. The molecule has 17 heavy (non-hydrogen) atoms. The van der Waals surface area contributed by atoms with E-state index in [1.54, 1.807) is 0 Å². The van der Waals surface area contributed by atoms with Gasteiger partial charge in [-0.1, -0.05) is 0 Å². The van der Waals surface area contributed by atoms with Crippen LogP contribution in [0.2, 0.25) is 0 Å². The van der Waals surface area contributed by atoms with Crippen LogP contribution in [0.4, 0.5) is 0 Å². The summed E-state index contributed by atoms with van der Waals surface area (Å²) in [6.07, 6.45) is 1.83. The molecule has 0 saturated carbocycles. The number of rotatable bonds is 2. The Labute approximate surface area is 98.8 Å². The van der Waals surface area contributed by atoms with Crippen LogP contribution in [0.1, 0.15) is 30.3 Å². The molecule has 2 rings (SSSR count). The number of nitrogens with zero attached hydrogens (tertiary/aromatic N) is 1. The second-order valence-corrected chi connectivity index (χ2v) is 4.36. The number of nitrogens with one attached hydrogen (secondary N) is 3. The second-order valence-electron chi connectivity index (χ2n) is 4.36. The van der Waals surface area contributed by atoms with Gasteiger partial charge in [-0.25, -0.2) is 5.10 Å². The van der Waals surface area contributed by atoms with Gasteiger partial charge in [-0.05, 0) is 32.4 Å². The molecular formula is C11H16N4O2. The number of aromatic nitrogens is 2. The van der Waals surface area contributed by atoms with E-state index >= 15 is 0 Å². The van der Waals surface area contributed by atoms with Gasteiger partial charge in [0.25, 0.3) is 11.5 Å². The van der Waals surface area contributed by atoms with Gasteiger partial charge >= 0.3 is 0 Å². The Morgan fingerprint density at radius 3 is 3.00 bits per heavy atom. The topological polar surface area (TPSA) is 86.9 Å². The number of piperidine rings is 1. The Morgan fingerprint density at radius 2 is 2.35 bits per heavy atom. The van der Waals surface area contributed by atoms with Crippen LogP contribution in [0.15, 0.2) is 16.9 Å². The Hall–Kier alpha value is -1.69. The number of carbonyl (C=O) groups is 1. The number of carbonyl (C=O) groups excluding carboxylic acids is 1. The molecule has 6 heteroatoms. The Morgan fingerprint density at radius 1 is 1.53 bits per heavy atom. The zero-order valence-electron chi connectivity index (χ0n) is 9.69. The van der Waals surface area contributed by atoms with Gasteiger partial charge < -0.3 is 10.6 Å². The molecule has 92 valence electrons. The van der Waals surface area contributed by atoms with E-state index in [9.17, 15) is 9.59 Å². The SMILES string of the molecule is CC1CC(NC(=O)c2ccc(=O)[nH]n2)CCN1. The van der Waals surface area contributed by atoms with Crippen molar-refractivity contribution < 1.29 is 4.79 Å². The predicted molar refractivity (Wildman–Crippen MR) is 62.8 cm³/mol. The molecular weight excluding hydrogens is 220 g/mol. The predicted octanol–water partition coefficient (Wildman–Crippen LogP) is -0.360. The molecule has 0 aromatic carbocycles. The zero-order chi connectivity index (χ0) is 12.3. The highest BCUT2D eigenvalue weighted by molar-refractivity contribution is 5.92. The first-order valence-corrected chi connectivity index (χ1v) is 5.75. The highest BCUT2D eigenvalue weighted by Crippen LogP contribution is 2.08. The largest absolute Gasteiger partial charge is 0.348 e. The highest BCUT2D eigenvalue weighted by Gasteiger charge is 2.20. The molecule has 0 bridgehead atoms. The Bertz CT molecular complexity index is 437. The molecule has 1 aromatic rings. The molecule has 1 aromatic heterocycles. The molecule has 0 aliphatic carbocycles. The van der Waals surface area contributed by atoms with Crippen LogP contribution >= 0.6 is 0 Å². The number of hydrogen-bond acceptors (Lipinski definition) is 4. The van der Waals surface area contributed by atoms with Gasteiger partial charge in [0.05, 0.1) is 0 Å². The first-order valence-electron chi connectivity index (χ1n) is 5.75. The lowest BCUT2D eigenvalue weighted by Crippen LogP contribution is -2.46. The molecule has 6 nitrogen and oxygen atoms in total. The summed E-state index contributed by atoms with van der Waals surface area (Å²) in [6.45, 7) is 3.00. The molecule has 2 unspecified atom stereocenters. The molecule has 0 radical (unpaired) electrons. The van der Waals surface area contributed by atoms with Crippen molar-refractivity contribution in [1.82, 2.24) is 20.8 Å². The summed E-state index contributed by atoms with van der Waals surface area (Å²) >= 11 is 0. The van der Waals surface area contributed by atoms with E-state index in [2.05, 4.69) is 27.8 Å². The van der Waals surface area contributed by atoms with Crippen molar-refractivity contribution in [2.24, 2.45) is 0 Å². The summed E-state index contributed by atoms with van der Waals surface area (Å²) in [7, 11) is 0. The Balaban J connectivity index is 1.96. The van der Waals surface area contributed by atoms with E-state index in [1.165, 1.54) is 12.1 Å². The van der Waals surface area contributed by atoms with Gasteiger partial charge in [0.2, 0.25) is 0 Å². The maximum atomic E-state index is 11.8. The van der Waals surface area contributed by atoms with Crippen molar-refractivity contribution in [3.05, 3.63) is 28.2 Å². The van der Waals surface area contributed by atoms with Crippen LogP contribution in [0.25, 0.3) is 0 Å². The Kier molecular flexibility index (Phi) is 3.53. The summed E-state index contributed by atoms with van der Waals surface area (Å²) in [6, 6.07) is 3.32.